The van der Waals surface area contributed by atoms with E-state index in [1.807, 2.05) is 44.2 Å². The van der Waals surface area contributed by atoms with Gasteiger partial charge in [-0.15, -0.1) is 11.3 Å². The summed E-state index contributed by atoms with van der Waals surface area (Å²) in [7, 11) is 1.62. The number of hydrogen-bond donors (Lipinski definition) is 0. The van der Waals surface area contributed by atoms with Crippen molar-refractivity contribution in [2.24, 2.45) is 0 Å². The maximum absolute atomic E-state index is 13.7. The Balaban J connectivity index is 1.93. The third-order valence-electron chi connectivity index (χ3n) is 5.17. The van der Waals surface area contributed by atoms with E-state index in [2.05, 4.69) is 0 Å². The number of aryl methyl sites for hydroxylation is 2. The van der Waals surface area contributed by atoms with Crippen molar-refractivity contribution in [3.63, 3.8) is 0 Å². The number of benzene rings is 2. The van der Waals surface area contributed by atoms with E-state index in [0.717, 1.165) is 26.4 Å². The van der Waals surface area contributed by atoms with Gasteiger partial charge in [0.15, 0.2) is 0 Å². The maximum atomic E-state index is 13.7. The van der Waals surface area contributed by atoms with Gasteiger partial charge in [-0.25, -0.2) is 9.37 Å². The van der Waals surface area contributed by atoms with Crippen LogP contribution in [0.15, 0.2) is 53.3 Å². The summed E-state index contributed by atoms with van der Waals surface area (Å²) in [5.74, 6) is 0.329. The summed E-state index contributed by atoms with van der Waals surface area (Å²) in [5, 5.41) is 0.624. The standard InChI is InChI=1S/C24H23FN2O2S/c1-15-7-9-18(10-8-15)21-16(2)30-23-22(21)24(28)27(20(26-23)11-12-29-3)14-17-5-4-6-19(25)13-17/h4-10,13H,11-12,14H2,1-3H3. The van der Waals surface area contributed by atoms with Gasteiger partial charge in [0.25, 0.3) is 5.56 Å². The van der Waals surface area contributed by atoms with Crippen molar-refractivity contribution in [2.45, 2.75) is 26.8 Å². The molecule has 2 aromatic carbocycles. The molecule has 0 spiro atoms. The zero-order valence-electron chi connectivity index (χ0n) is 17.2. The van der Waals surface area contributed by atoms with Crippen molar-refractivity contribution in [3.8, 4) is 11.1 Å². The van der Waals surface area contributed by atoms with Crippen LogP contribution in [0.5, 0.6) is 0 Å². The molecular formula is C24H23FN2O2S. The first-order valence-electron chi connectivity index (χ1n) is 9.81. The number of ether oxygens (including phenoxy) is 1. The van der Waals surface area contributed by atoms with Crippen LogP contribution in [0.1, 0.15) is 21.8 Å². The average Bonchev–Trinajstić information content (AvgIpc) is 3.05. The Morgan fingerprint density at radius 3 is 2.60 bits per heavy atom. The minimum atomic E-state index is -0.320. The third-order valence-corrected chi connectivity index (χ3v) is 6.17. The number of hydrogen-bond acceptors (Lipinski definition) is 4. The van der Waals surface area contributed by atoms with Crippen molar-refractivity contribution < 1.29 is 9.13 Å². The second-order valence-corrected chi connectivity index (χ2v) is 8.57. The lowest BCUT2D eigenvalue weighted by Gasteiger charge is -2.13. The monoisotopic (exact) mass is 422 g/mol. The van der Waals surface area contributed by atoms with Crippen molar-refractivity contribution >= 4 is 21.6 Å². The van der Waals surface area contributed by atoms with Crippen LogP contribution in [-0.2, 0) is 17.7 Å². The van der Waals surface area contributed by atoms with E-state index in [9.17, 15) is 9.18 Å². The molecule has 0 saturated heterocycles. The Morgan fingerprint density at radius 2 is 1.90 bits per heavy atom. The predicted molar refractivity (Wildman–Crippen MR) is 120 cm³/mol. The Kier molecular flexibility index (Phi) is 5.79. The van der Waals surface area contributed by atoms with Crippen molar-refractivity contribution in [3.05, 3.63) is 86.5 Å². The van der Waals surface area contributed by atoms with Crippen LogP contribution in [0.25, 0.3) is 21.3 Å². The molecule has 30 heavy (non-hydrogen) atoms. The van der Waals surface area contributed by atoms with E-state index >= 15 is 0 Å². The Hall–Kier alpha value is -2.83. The number of methoxy groups -OCH3 is 1. The third kappa shape index (κ3) is 3.93. The van der Waals surface area contributed by atoms with Crippen LogP contribution in [0.4, 0.5) is 4.39 Å². The molecule has 154 valence electrons. The zero-order valence-corrected chi connectivity index (χ0v) is 18.1. The molecule has 0 amide bonds. The summed E-state index contributed by atoms with van der Waals surface area (Å²) in [6, 6.07) is 14.5. The van der Waals surface area contributed by atoms with E-state index in [0.29, 0.717) is 24.2 Å². The van der Waals surface area contributed by atoms with Crippen LogP contribution in [-0.4, -0.2) is 23.3 Å². The second kappa shape index (κ2) is 8.50. The van der Waals surface area contributed by atoms with Crippen LogP contribution >= 0.6 is 11.3 Å². The molecular weight excluding hydrogens is 399 g/mol. The molecule has 0 radical (unpaired) electrons. The SMILES string of the molecule is COCCc1nc2sc(C)c(-c3ccc(C)cc3)c2c(=O)n1Cc1cccc(F)c1. The Labute approximate surface area is 178 Å². The fraction of sp³-hybridized carbons (Fsp3) is 0.250. The van der Waals surface area contributed by atoms with Crippen LogP contribution in [0, 0.1) is 19.7 Å². The van der Waals surface area contributed by atoms with Crippen molar-refractivity contribution in [2.75, 3.05) is 13.7 Å². The number of fused-ring (bicyclic) bond motifs is 1. The first-order chi connectivity index (χ1) is 14.5. The van der Waals surface area contributed by atoms with E-state index in [4.69, 9.17) is 9.72 Å². The summed E-state index contributed by atoms with van der Waals surface area (Å²) in [5.41, 5.74) is 3.72. The van der Waals surface area contributed by atoms with Crippen molar-refractivity contribution in [1.82, 2.24) is 9.55 Å². The lowest BCUT2D eigenvalue weighted by molar-refractivity contribution is 0.199. The lowest BCUT2D eigenvalue weighted by Crippen LogP contribution is -2.26. The average molecular weight is 423 g/mol. The molecule has 0 bridgehead atoms. The molecule has 0 N–H and O–H groups in total. The van der Waals surface area contributed by atoms with E-state index in [-0.39, 0.29) is 17.9 Å². The van der Waals surface area contributed by atoms with Gasteiger partial charge in [0.2, 0.25) is 0 Å². The highest BCUT2D eigenvalue weighted by atomic mass is 32.1. The summed E-state index contributed by atoms with van der Waals surface area (Å²) in [6.45, 7) is 4.78. The molecule has 6 heteroatoms. The highest BCUT2D eigenvalue weighted by Crippen LogP contribution is 2.36. The van der Waals surface area contributed by atoms with Gasteiger partial charge in [0.1, 0.15) is 16.5 Å². The first kappa shape index (κ1) is 20.4. The molecule has 0 aliphatic carbocycles. The molecule has 0 atom stereocenters. The van der Waals surface area contributed by atoms with Gasteiger partial charge in [-0.1, -0.05) is 42.0 Å². The highest BCUT2D eigenvalue weighted by Gasteiger charge is 2.20. The minimum absolute atomic E-state index is 0.102. The fourth-order valence-corrected chi connectivity index (χ4v) is 4.72. The fourth-order valence-electron chi connectivity index (χ4n) is 3.67. The normalized spacial score (nSPS) is 11.3. The summed E-state index contributed by atoms with van der Waals surface area (Å²) >= 11 is 1.53. The maximum Gasteiger partial charge on any atom is 0.263 e. The summed E-state index contributed by atoms with van der Waals surface area (Å²) in [4.78, 5) is 20.3. The molecule has 0 fully saturated rings. The van der Waals surface area contributed by atoms with Crippen LogP contribution in [0.3, 0.4) is 0 Å². The van der Waals surface area contributed by atoms with Gasteiger partial charge in [-0.2, -0.15) is 0 Å². The molecule has 0 aliphatic rings. The van der Waals surface area contributed by atoms with Gasteiger partial charge < -0.3 is 4.74 Å². The van der Waals surface area contributed by atoms with E-state index < -0.39 is 0 Å². The van der Waals surface area contributed by atoms with Gasteiger partial charge in [0.05, 0.1) is 18.5 Å². The first-order valence-corrected chi connectivity index (χ1v) is 10.6. The summed E-state index contributed by atoms with van der Waals surface area (Å²) < 4.78 is 20.6. The Morgan fingerprint density at radius 1 is 1.13 bits per heavy atom. The largest absolute Gasteiger partial charge is 0.384 e. The lowest BCUT2D eigenvalue weighted by atomic mass is 10.0. The predicted octanol–water partition coefficient (Wildman–Crippen LogP) is 5.12. The van der Waals surface area contributed by atoms with Gasteiger partial charge in [-0.3, -0.25) is 9.36 Å². The van der Waals surface area contributed by atoms with E-state index in [1.165, 1.54) is 29.0 Å². The highest BCUT2D eigenvalue weighted by molar-refractivity contribution is 7.19. The number of rotatable bonds is 6. The molecule has 2 heterocycles. The van der Waals surface area contributed by atoms with Crippen molar-refractivity contribution in [1.29, 1.82) is 0 Å². The van der Waals surface area contributed by atoms with Gasteiger partial charge >= 0.3 is 0 Å². The Bertz CT molecular complexity index is 1260. The molecule has 4 rings (SSSR count). The van der Waals surface area contributed by atoms with E-state index in [1.54, 1.807) is 17.7 Å². The van der Waals surface area contributed by atoms with Gasteiger partial charge in [0, 0.05) is 24.0 Å². The molecule has 0 unspecified atom stereocenters. The van der Waals surface area contributed by atoms with Crippen LogP contribution in [0.2, 0.25) is 0 Å². The van der Waals surface area contributed by atoms with Crippen LogP contribution < -0.4 is 5.56 Å². The second-order valence-electron chi connectivity index (χ2n) is 7.37. The number of aromatic nitrogens is 2. The number of thiophene rings is 1. The molecule has 0 saturated carbocycles. The molecule has 0 aliphatic heterocycles. The smallest absolute Gasteiger partial charge is 0.263 e. The summed E-state index contributed by atoms with van der Waals surface area (Å²) in [6.07, 6.45) is 0.508. The van der Waals surface area contributed by atoms with Gasteiger partial charge in [-0.05, 0) is 37.1 Å². The molecule has 4 nitrogen and oxygen atoms in total. The molecule has 4 aromatic rings. The quantitative estimate of drug-likeness (QED) is 0.433. The number of halogens is 1. The number of nitrogens with zero attached hydrogens (tertiary/aromatic N) is 2. The minimum Gasteiger partial charge on any atom is -0.384 e. The zero-order chi connectivity index (χ0) is 21.3. The topological polar surface area (TPSA) is 44.1 Å². The molecule has 2 aromatic heterocycles.